The van der Waals surface area contributed by atoms with E-state index in [4.69, 9.17) is 11.6 Å². The lowest BCUT2D eigenvalue weighted by Crippen LogP contribution is -2.40. The van der Waals surface area contributed by atoms with Gasteiger partial charge in [0.2, 0.25) is 15.9 Å². The van der Waals surface area contributed by atoms with Crippen molar-refractivity contribution >= 4 is 33.2 Å². The fourth-order valence-corrected chi connectivity index (χ4v) is 4.21. The molecule has 0 spiro atoms. The van der Waals surface area contributed by atoms with Crippen molar-refractivity contribution in [2.24, 2.45) is 0 Å². The molecule has 0 bridgehead atoms. The van der Waals surface area contributed by atoms with E-state index < -0.39 is 15.6 Å². The Morgan fingerprint density at radius 3 is 2.43 bits per heavy atom. The number of nitrogens with zero attached hydrogens (tertiary/aromatic N) is 1. The Kier molecular flexibility index (Phi) is 4.33. The maximum absolute atomic E-state index is 12.3. The third kappa shape index (κ3) is 3.75. The van der Waals surface area contributed by atoms with Gasteiger partial charge < -0.3 is 4.90 Å². The topological polar surface area (TPSA) is 66.5 Å². The summed E-state index contributed by atoms with van der Waals surface area (Å²) in [5.41, 5.74) is 0.0448. The minimum absolute atomic E-state index is 0.0227. The van der Waals surface area contributed by atoms with Crippen LogP contribution >= 0.6 is 11.6 Å². The van der Waals surface area contributed by atoms with Crippen LogP contribution in [-0.4, -0.2) is 26.4 Å². The normalized spacial score (nSPS) is 16.6. The number of sulfonamides is 1. The van der Waals surface area contributed by atoms with E-state index in [0.717, 1.165) is 6.42 Å². The lowest BCUT2D eigenvalue weighted by Gasteiger charge is -2.22. The molecule has 116 valence electrons. The second-order valence-corrected chi connectivity index (χ2v) is 8.18. The highest BCUT2D eigenvalue weighted by Gasteiger charge is 2.26. The number of rotatable bonds is 3. The first-order chi connectivity index (χ1) is 9.60. The summed E-state index contributed by atoms with van der Waals surface area (Å²) in [5.74, 6) is 0.0366. The van der Waals surface area contributed by atoms with Gasteiger partial charge >= 0.3 is 0 Å². The van der Waals surface area contributed by atoms with Crippen LogP contribution in [0, 0.1) is 0 Å². The molecule has 0 aliphatic carbocycles. The molecule has 5 nitrogen and oxygen atoms in total. The maximum atomic E-state index is 12.3. The zero-order valence-corrected chi connectivity index (χ0v) is 13.9. The summed E-state index contributed by atoms with van der Waals surface area (Å²) in [6.45, 7) is 5.92. The summed E-state index contributed by atoms with van der Waals surface area (Å²) in [7, 11) is -3.69. The second kappa shape index (κ2) is 5.59. The molecule has 0 radical (unpaired) electrons. The molecule has 1 aliphatic rings. The van der Waals surface area contributed by atoms with E-state index in [1.165, 1.54) is 12.1 Å². The zero-order chi connectivity index (χ0) is 15.8. The van der Waals surface area contributed by atoms with Gasteiger partial charge in [0.25, 0.3) is 0 Å². The molecule has 21 heavy (non-hydrogen) atoms. The van der Waals surface area contributed by atoms with Gasteiger partial charge in [-0.05, 0) is 45.4 Å². The standard InChI is InChI=1S/C14H19ClN2O3S/c1-14(2,3)16-21(19,20)12-7-6-10(9-11(12)15)17-8-4-5-13(17)18/h6-7,9,16H,4-5,8H2,1-3H3. The van der Waals surface area contributed by atoms with E-state index in [2.05, 4.69) is 4.72 Å². The van der Waals surface area contributed by atoms with Gasteiger partial charge in [-0.2, -0.15) is 0 Å². The van der Waals surface area contributed by atoms with Crippen LogP contribution in [0.3, 0.4) is 0 Å². The van der Waals surface area contributed by atoms with Crippen molar-refractivity contribution in [3.63, 3.8) is 0 Å². The van der Waals surface area contributed by atoms with Crippen molar-refractivity contribution in [2.75, 3.05) is 11.4 Å². The van der Waals surface area contributed by atoms with Crippen molar-refractivity contribution in [3.8, 4) is 0 Å². The molecule has 0 unspecified atom stereocenters. The quantitative estimate of drug-likeness (QED) is 0.926. The van der Waals surface area contributed by atoms with Crippen LogP contribution in [0.2, 0.25) is 5.02 Å². The third-order valence-corrected chi connectivity index (χ3v) is 5.27. The average Bonchev–Trinajstić information content (AvgIpc) is 2.71. The van der Waals surface area contributed by atoms with E-state index >= 15 is 0 Å². The number of hydrogen-bond donors (Lipinski definition) is 1. The van der Waals surface area contributed by atoms with Gasteiger partial charge in [-0.25, -0.2) is 13.1 Å². The molecule has 1 aliphatic heterocycles. The predicted molar refractivity (Wildman–Crippen MR) is 83.1 cm³/mol. The second-order valence-electron chi connectivity index (χ2n) is 6.12. The SMILES string of the molecule is CC(C)(C)NS(=O)(=O)c1ccc(N2CCCC2=O)cc1Cl. The van der Waals surface area contributed by atoms with Crippen LogP contribution in [0.4, 0.5) is 5.69 Å². The fraction of sp³-hybridized carbons (Fsp3) is 0.500. The number of halogens is 1. The van der Waals surface area contributed by atoms with Crippen molar-refractivity contribution in [2.45, 2.75) is 44.0 Å². The Morgan fingerprint density at radius 1 is 1.29 bits per heavy atom. The lowest BCUT2D eigenvalue weighted by atomic mass is 10.1. The molecule has 1 amide bonds. The van der Waals surface area contributed by atoms with Crippen LogP contribution < -0.4 is 9.62 Å². The van der Waals surface area contributed by atoms with Crippen LogP contribution in [0.5, 0.6) is 0 Å². The van der Waals surface area contributed by atoms with E-state index in [-0.39, 0.29) is 15.8 Å². The largest absolute Gasteiger partial charge is 0.312 e. The lowest BCUT2D eigenvalue weighted by molar-refractivity contribution is -0.117. The van der Waals surface area contributed by atoms with E-state index in [0.29, 0.717) is 18.7 Å². The molecule has 1 aromatic rings. The number of nitrogens with one attached hydrogen (secondary N) is 1. The van der Waals surface area contributed by atoms with E-state index in [9.17, 15) is 13.2 Å². The Bertz CT molecular complexity index is 665. The third-order valence-electron chi connectivity index (χ3n) is 3.03. The smallest absolute Gasteiger partial charge is 0.242 e. The van der Waals surface area contributed by atoms with Gasteiger partial charge in [-0.15, -0.1) is 0 Å². The Balaban J connectivity index is 2.34. The van der Waals surface area contributed by atoms with Gasteiger partial charge in [0.1, 0.15) is 4.90 Å². The number of benzene rings is 1. The Hall–Kier alpha value is -1.11. The summed E-state index contributed by atoms with van der Waals surface area (Å²) in [5, 5.41) is 0.115. The Morgan fingerprint density at radius 2 is 1.95 bits per heavy atom. The molecule has 0 atom stereocenters. The number of amides is 1. The van der Waals surface area contributed by atoms with Gasteiger partial charge in [-0.3, -0.25) is 4.79 Å². The number of hydrogen-bond acceptors (Lipinski definition) is 3. The monoisotopic (exact) mass is 330 g/mol. The molecule has 1 N–H and O–H groups in total. The highest BCUT2D eigenvalue weighted by Crippen LogP contribution is 2.29. The van der Waals surface area contributed by atoms with Crippen LogP contribution in [0.1, 0.15) is 33.6 Å². The van der Waals surface area contributed by atoms with Crippen molar-refractivity contribution in [1.82, 2.24) is 4.72 Å². The number of carbonyl (C=O) groups excluding carboxylic acids is 1. The molecule has 1 saturated heterocycles. The first kappa shape index (κ1) is 16.3. The zero-order valence-electron chi connectivity index (χ0n) is 12.3. The van der Waals surface area contributed by atoms with Crippen molar-refractivity contribution in [3.05, 3.63) is 23.2 Å². The summed E-state index contributed by atoms with van der Waals surface area (Å²) in [4.78, 5) is 13.4. The first-order valence-corrected chi connectivity index (χ1v) is 8.60. The minimum Gasteiger partial charge on any atom is -0.312 e. The first-order valence-electron chi connectivity index (χ1n) is 6.74. The van der Waals surface area contributed by atoms with E-state index in [1.807, 2.05) is 0 Å². The highest BCUT2D eigenvalue weighted by atomic mass is 35.5. The van der Waals surface area contributed by atoms with Crippen LogP contribution in [0.25, 0.3) is 0 Å². The van der Waals surface area contributed by atoms with Crippen molar-refractivity contribution < 1.29 is 13.2 Å². The van der Waals surface area contributed by atoms with Gasteiger partial charge in [0.05, 0.1) is 5.02 Å². The molecule has 1 aromatic carbocycles. The molecular weight excluding hydrogens is 312 g/mol. The van der Waals surface area contributed by atoms with E-state index in [1.54, 1.807) is 31.7 Å². The molecule has 0 saturated carbocycles. The summed E-state index contributed by atoms with van der Waals surface area (Å²) >= 11 is 6.11. The highest BCUT2D eigenvalue weighted by molar-refractivity contribution is 7.89. The fourth-order valence-electron chi connectivity index (χ4n) is 2.25. The molecule has 7 heteroatoms. The van der Waals surface area contributed by atoms with Crippen molar-refractivity contribution in [1.29, 1.82) is 0 Å². The van der Waals surface area contributed by atoms with Crippen LogP contribution in [0.15, 0.2) is 23.1 Å². The summed E-state index contributed by atoms with van der Waals surface area (Å²) in [6.07, 6.45) is 1.32. The number of carbonyl (C=O) groups is 1. The molecule has 1 heterocycles. The molecule has 2 rings (SSSR count). The maximum Gasteiger partial charge on any atom is 0.242 e. The van der Waals surface area contributed by atoms with Gasteiger partial charge in [0.15, 0.2) is 0 Å². The predicted octanol–water partition coefficient (Wildman–Crippen LogP) is 2.54. The average molecular weight is 331 g/mol. The Labute approximate surface area is 130 Å². The summed E-state index contributed by atoms with van der Waals surface area (Å²) < 4.78 is 27.1. The van der Waals surface area contributed by atoms with Gasteiger partial charge in [-0.1, -0.05) is 11.6 Å². The molecular formula is C14H19ClN2O3S. The summed E-state index contributed by atoms with van der Waals surface area (Å²) in [6, 6.07) is 4.59. The molecule has 1 fully saturated rings. The number of anilines is 1. The minimum atomic E-state index is -3.69. The molecule has 0 aromatic heterocycles. The van der Waals surface area contributed by atoms with Crippen LogP contribution in [-0.2, 0) is 14.8 Å². The van der Waals surface area contributed by atoms with Gasteiger partial charge in [0, 0.05) is 24.2 Å².